The Morgan fingerprint density at radius 1 is 1.30 bits per heavy atom. The molecule has 1 aromatic carbocycles. The molecule has 20 heavy (non-hydrogen) atoms. The number of nitrogens with one attached hydrogen (secondary N) is 1. The van der Waals surface area contributed by atoms with Gasteiger partial charge in [0.1, 0.15) is 0 Å². The summed E-state index contributed by atoms with van der Waals surface area (Å²) in [4.78, 5) is 4.98. The average Bonchev–Trinajstić information content (AvgIpc) is 2.86. The SMILES string of the molecule is CCNC(CN1CCCC1CN(C)C)c1ccccc1. The molecule has 1 aliphatic heterocycles. The highest BCUT2D eigenvalue weighted by molar-refractivity contribution is 5.19. The van der Waals surface area contributed by atoms with Gasteiger partial charge in [0, 0.05) is 25.2 Å². The Morgan fingerprint density at radius 3 is 2.70 bits per heavy atom. The van der Waals surface area contributed by atoms with Crippen LogP contribution >= 0.6 is 0 Å². The molecule has 3 nitrogen and oxygen atoms in total. The maximum atomic E-state index is 3.64. The van der Waals surface area contributed by atoms with Gasteiger partial charge >= 0.3 is 0 Å². The summed E-state index contributed by atoms with van der Waals surface area (Å²) >= 11 is 0. The zero-order valence-electron chi connectivity index (χ0n) is 13.2. The maximum absolute atomic E-state index is 3.64. The van der Waals surface area contributed by atoms with Crippen LogP contribution in [-0.4, -0.2) is 56.1 Å². The van der Waals surface area contributed by atoms with Gasteiger partial charge in [-0.05, 0) is 45.6 Å². The quantitative estimate of drug-likeness (QED) is 0.824. The molecule has 0 spiro atoms. The molecule has 0 radical (unpaired) electrons. The Morgan fingerprint density at radius 2 is 2.05 bits per heavy atom. The molecule has 1 heterocycles. The van der Waals surface area contributed by atoms with E-state index < -0.39 is 0 Å². The first-order valence-electron chi connectivity index (χ1n) is 7.87. The van der Waals surface area contributed by atoms with Crippen molar-refractivity contribution >= 4 is 0 Å². The van der Waals surface area contributed by atoms with Gasteiger partial charge in [0.15, 0.2) is 0 Å². The molecule has 0 aromatic heterocycles. The summed E-state index contributed by atoms with van der Waals surface area (Å²) in [5.74, 6) is 0. The minimum atomic E-state index is 0.448. The summed E-state index contributed by atoms with van der Waals surface area (Å²) in [6, 6.07) is 12.0. The van der Waals surface area contributed by atoms with Crippen LogP contribution in [0.1, 0.15) is 31.4 Å². The van der Waals surface area contributed by atoms with Crippen molar-refractivity contribution in [1.82, 2.24) is 15.1 Å². The minimum Gasteiger partial charge on any atom is -0.309 e. The number of hydrogen-bond acceptors (Lipinski definition) is 3. The van der Waals surface area contributed by atoms with E-state index in [1.165, 1.54) is 31.5 Å². The van der Waals surface area contributed by atoms with Crippen molar-refractivity contribution in [2.45, 2.75) is 31.8 Å². The van der Waals surface area contributed by atoms with Crippen molar-refractivity contribution in [2.75, 3.05) is 40.3 Å². The van der Waals surface area contributed by atoms with Crippen molar-refractivity contribution in [2.24, 2.45) is 0 Å². The zero-order valence-corrected chi connectivity index (χ0v) is 13.2. The van der Waals surface area contributed by atoms with Gasteiger partial charge in [-0.25, -0.2) is 0 Å². The third kappa shape index (κ3) is 4.30. The van der Waals surface area contributed by atoms with Gasteiger partial charge in [-0.1, -0.05) is 37.3 Å². The number of likely N-dealkylation sites (N-methyl/N-ethyl adjacent to an activating group) is 2. The van der Waals surface area contributed by atoms with Crippen molar-refractivity contribution < 1.29 is 0 Å². The Kier molecular flexibility index (Phi) is 6.02. The number of nitrogens with zero attached hydrogens (tertiary/aromatic N) is 2. The number of likely N-dealkylation sites (tertiary alicyclic amines) is 1. The van der Waals surface area contributed by atoms with E-state index in [2.05, 4.69) is 66.5 Å². The van der Waals surface area contributed by atoms with E-state index in [0.717, 1.165) is 19.1 Å². The Balaban J connectivity index is 2.00. The molecule has 0 bridgehead atoms. The van der Waals surface area contributed by atoms with Crippen LogP contribution in [0.15, 0.2) is 30.3 Å². The third-order valence-electron chi connectivity index (χ3n) is 4.14. The molecule has 2 rings (SSSR count). The lowest BCUT2D eigenvalue weighted by Crippen LogP contribution is -2.42. The van der Waals surface area contributed by atoms with Crippen molar-refractivity contribution in [3.8, 4) is 0 Å². The summed E-state index contributed by atoms with van der Waals surface area (Å²) in [7, 11) is 4.35. The first kappa shape index (κ1) is 15.5. The van der Waals surface area contributed by atoms with Crippen LogP contribution in [0, 0.1) is 0 Å². The van der Waals surface area contributed by atoms with E-state index >= 15 is 0 Å². The standard InChI is InChI=1S/C17H29N3/c1-4-18-17(15-9-6-5-7-10-15)14-20-12-8-11-16(20)13-19(2)3/h5-7,9-10,16-18H,4,8,11-14H2,1-3H3. The monoisotopic (exact) mass is 275 g/mol. The van der Waals surface area contributed by atoms with Crippen molar-refractivity contribution in [3.05, 3.63) is 35.9 Å². The summed E-state index contributed by atoms with van der Waals surface area (Å²) in [5, 5.41) is 3.64. The van der Waals surface area contributed by atoms with Gasteiger partial charge in [-0.2, -0.15) is 0 Å². The topological polar surface area (TPSA) is 18.5 Å². The summed E-state index contributed by atoms with van der Waals surface area (Å²) < 4.78 is 0. The minimum absolute atomic E-state index is 0.448. The fraction of sp³-hybridized carbons (Fsp3) is 0.647. The molecule has 0 aliphatic carbocycles. The molecule has 2 atom stereocenters. The van der Waals surface area contributed by atoms with E-state index in [0.29, 0.717) is 6.04 Å². The number of benzene rings is 1. The molecule has 112 valence electrons. The first-order valence-corrected chi connectivity index (χ1v) is 7.87. The second kappa shape index (κ2) is 7.77. The lowest BCUT2D eigenvalue weighted by molar-refractivity contribution is 0.190. The zero-order chi connectivity index (χ0) is 14.4. The van der Waals surface area contributed by atoms with Gasteiger partial charge in [0.2, 0.25) is 0 Å². The van der Waals surface area contributed by atoms with Crippen molar-refractivity contribution in [1.29, 1.82) is 0 Å². The fourth-order valence-electron chi connectivity index (χ4n) is 3.22. The second-order valence-electron chi connectivity index (χ2n) is 6.07. The van der Waals surface area contributed by atoms with Gasteiger partial charge in [0.25, 0.3) is 0 Å². The molecule has 1 aromatic rings. The summed E-state index contributed by atoms with van der Waals surface area (Å²) in [6.07, 6.45) is 2.68. The Hall–Kier alpha value is -0.900. The van der Waals surface area contributed by atoms with Crippen LogP contribution in [0.5, 0.6) is 0 Å². The van der Waals surface area contributed by atoms with Crippen LogP contribution in [0.4, 0.5) is 0 Å². The van der Waals surface area contributed by atoms with E-state index in [4.69, 9.17) is 0 Å². The molecule has 0 amide bonds. The highest BCUT2D eigenvalue weighted by Crippen LogP contribution is 2.22. The number of hydrogen-bond donors (Lipinski definition) is 1. The predicted molar refractivity (Wildman–Crippen MR) is 86.0 cm³/mol. The van der Waals surface area contributed by atoms with Crippen LogP contribution in [-0.2, 0) is 0 Å². The maximum Gasteiger partial charge on any atom is 0.0449 e. The molecule has 1 saturated heterocycles. The molecule has 0 saturated carbocycles. The smallest absolute Gasteiger partial charge is 0.0449 e. The predicted octanol–water partition coefficient (Wildman–Crippen LogP) is 2.36. The molecular formula is C17H29N3. The molecule has 1 aliphatic rings. The van der Waals surface area contributed by atoms with Gasteiger partial charge in [-0.3, -0.25) is 4.90 Å². The Labute approximate surface area is 124 Å². The highest BCUT2D eigenvalue weighted by Gasteiger charge is 2.27. The van der Waals surface area contributed by atoms with Crippen LogP contribution in [0.3, 0.4) is 0 Å². The molecule has 2 unspecified atom stereocenters. The van der Waals surface area contributed by atoms with Gasteiger partial charge < -0.3 is 10.2 Å². The summed E-state index contributed by atoms with van der Waals surface area (Å²) in [6.45, 7) is 6.75. The molecule has 3 heteroatoms. The van der Waals surface area contributed by atoms with Crippen LogP contribution in [0.25, 0.3) is 0 Å². The molecule has 1 fully saturated rings. The highest BCUT2D eigenvalue weighted by atomic mass is 15.2. The van der Waals surface area contributed by atoms with Crippen molar-refractivity contribution in [3.63, 3.8) is 0 Å². The van der Waals surface area contributed by atoms with Crippen LogP contribution < -0.4 is 5.32 Å². The Bertz CT molecular complexity index is 377. The van der Waals surface area contributed by atoms with Gasteiger partial charge in [-0.15, -0.1) is 0 Å². The number of rotatable bonds is 7. The second-order valence-corrected chi connectivity index (χ2v) is 6.07. The van der Waals surface area contributed by atoms with E-state index in [1.807, 2.05) is 0 Å². The average molecular weight is 275 g/mol. The molecular weight excluding hydrogens is 246 g/mol. The lowest BCUT2D eigenvalue weighted by Gasteiger charge is -2.31. The van der Waals surface area contributed by atoms with E-state index in [-0.39, 0.29) is 0 Å². The lowest BCUT2D eigenvalue weighted by atomic mass is 10.1. The van der Waals surface area contributed by atoms with Gasteiger partial charge in [0.05, 0.1) is 0 Å². The fourth-order valence-corrected chi connectivity index (χ4v) is 3.22. The van der Waals surface area contributed by atoms with E-state index in [9.17, 15) is 0 Å². The first-order chi connectivity index (χ1) is 9.70. The van der Waals surface area contributed by atoms with E-state index in [1.54, 1.807) is 0 Å². The molecule has 1 N–H and O–H groups in total. The normalized spacial score (nSPS) is 21.5. The van der Waals surface area contributed by atoms with Crippen LogP contribution in [0.2, 0.25) is 0 Å². The third-order valence-corrected chi connectivity index (χ3v) is 4.14. The summed E-state index contributed by atoms with van der Waals surface area (Å²) in [5.41, 5.74) is 1.41. The largest absolute Gasteiger partial charge is 0.309 e.